The fourth-order valence-corrected chi connectivity index (χ4v) is 2.65. The second-order valence-corrected chi connectivity index (χ2v) is 5.31. The van der Waals surface area contributed by atoms with Crippen LogP contribution in [0.3, 0.4) is 0 Å². The highest BCUT2D eigenvalue weighted by atomic mass is 16.7. The largest absolute Gasteiger partial charge is 0.348 e. The van der Waals surface area contributed by atoms with Crippen LogP contribution in [0, 0.1) is 11.8 Å². The van der Waals surface area contributed by atoms with Gasteiger partial charge in [-0.05, 0) is 51.6 Å². The average molecular weight is 213 g/mol. The Morgan fingerprint density at radius 2 is 1.93 bits per heavy atom. The van der Waals surface area contributed by atoms with Crippen LogP contribution in [-0.2, 0) is 9.47 Å². The van der Waals surface area contributed by atoms with Crippen LogP contribution in [0.2, 0.25) is 0 Å². The van der Waals surface area contributed by atoms with Gasteiger partial charge in [0, 0.05) is 0 Å². The van der Waals surface area contributed by atoms with Crippen LogP contribution in [-0.4, -0.2) is 31.6 Å². The van der Waals surface area contributed by atoms with Crippen molar-refractivity contribution in [1.82, 2.24) is 5.32 Å². The molecule has 0 aromatic heterocycles. The quantitative estimate of drug-likeness (QED) is 0.758. The normalized spacial score (nSPS) is 34.2. The molecule has 0 saturated carbocycles. The Kier molecular flexibility index (Phi) is 3.33. The minimum Gasteiger partial charge on any atom is -0.348 e. The molecule has 3 heteroatoms. The second kappa shape index (κ2) is 4.40. The van der Waals surface area contributed by atoms with Gasteiger partial charge in [-0.25, -0.2) is 0 Å². The number of hydrogen-bond acceptors (Lipinski definition) is 3. The van der Waals surface area contributed by atoms with E-state index in [0.29, 0.717) is 12.0 Å². The molecule has 0 spiro atoms. The van der Waals surface area contributed by atoms with Crippen LogP contribution in [0.15, 0.2) is 0 Å². The lowest BCUT2D eigenvalue weighted by Gasteiger charge is -2.31. The maximum Gasteiger partial charge on any atom is 0.163 e. The summed E-state index contributed by atoms with van der Waals surface area (Å²) < 4.78 is 11.5. The molecule has 2 aliphatic rings. The van der Waals surface area contributed by atoms with Crippen LogP contribution >= 0.6 is 0 Å². The van der Waals surface area contributed by atoms with E-state index in [4.69, 9.17) is 9.47 Å². The van der Waals surface area contributed by atoms with Gasteiger partial charge < -0.3 is 14.8 Å². The third kappa shape index (κ3) is 2.71. The van der Waals surface area contributed by atoms with Crippen LogP contribution in [0.4, 0.5) is 0 Å². The SMILES string of the molecule is CC(C1CCNCC1)C1COC(C)(C)O1. The third-order valence-electron chi connectivity index (χ3n) is 3.74. The summed E-state index contributed by atoms with van der Waals surface area (Å²) in [7, 11) is 0. The highest BCUT2D eigenvalue weighted by Gasteiger charge is 2.38. The van der Waals surface area contributed by atoms with Gasteiger partial charge in [-0.1, -0.05) is 6.92 Å². The Balaban J connectivity index is 1.87. The lowest BCUT2D eigenvalue weighted by molar-refractivity contribution is -0.146. The molecule has 15 heavy (non-hydrogen) atoms. The molecule has 0 radical (unpaired) electrons. The van der Waals surface area contributed by atoms with Gasteiger partial charge in [0.25, 0.3) is 0 Å². The maximum absolute atomic E-state index is 5.92. The molecule has 2 atom stereocenters. The topological polar surface area (TPSA) is 30.5 Å². The first-order valence-corrected chi connectivity index (χ1v) is 6.11. The monoisotopic (exact) mass is 213 g/mol. The first-order chi connectivity index (χ1) is 7.08. The van der Waals surface area contributed by atoms with E-state index in [9.17, 15) is 0 Å². The summed E-state index contributed by atoms with van der Waals surface area (Å²) in [5.74, 6) is 1.05. The minimum atomic E-state index is -0.369. The molecule has 2 rings (SSSR count). The first kappa shape index (κ1) is 11.4. The molecule has 1 N–H and O–H groups in total. The molecule has 2 fully saturated rings. The molecule has 3 nitrogen and oxygen atoms in total. The number of hydrogen-bond donors (Lipinski definition) is 1. The molecule has 2 heterocycles. The smallest absolute Gasteiger partial charge is 0.163 e. The average Bonchev–Trinajstić information content (AvgIpc) is 2.59. The molecule has 2 unspecified atom stereocenters. The van der Waals surface area contributed by atoms with Gasteiger partial charge in [0.15, 0.2) is 5.79 Å². The molecule has 0 aliphatic carbocycles. The van der Waals surface area contributed by atoms with Crippen molar-refractivity contribution in [2.45, 2.75) is 45.5 Å². The fourth-order valence-electron chi connectivity index (χ4n) is 2.65. The number of rotatable bonds is 2. The minimum absolute atomic E-state index is 0.295. The van der Waals surface area contributed by atoms with Gasteiger partial charge >= 0.3 is 0 Å². The number of piperidine rings is 1. The van der Waals surface area contributed by atoms with Crippen molar-refractivity contribution in [1.29, 1.82) is 0 Å². The van der Waals surface area contributed by atoms with E-state index >= 15 is 0 Å². The molecule has 0 aromatic carbocycles. The standard InChI is InChI=1S/C12H23NO2/c1-9(10-4-6-13-7-5-10)11-8-14-12(2,3)15-11/h9-11,13H,4-8H2,1-3H3. The summed E-state index contributed by atoms with van der Waals surface area (Å²) in [6.45, 7) is 9.39. The van der Waals surface area contributed by atoms with Crippen LogP contribution in [0.1, 0.15) is 33.6 Å². The molecular formula is C12H23NO2. The van der Waals surface area contributed by atoms with Crippen LogP contribution in [0.25, 0.3) is 0 Å². The Labute approximate surface area is 92.5 Å². The van der Waals surface area contributed by atoms with E-state index in [2.05, 4.69) is 12.2 Å². The summed E-state index contributed by atoms with van der Waals surface area (Å²) in [4.78, 5) is 0. The van der Waals surface area contributed by atoms with Gasteiger partial charge in [0.2, 0.25) is 0 Å². The lowest BCUT2D eigenvalue weighted by atomic mass is 9.83. The summed E-state index contributed by atoms with van der Waals surface area (Å²) in [5, 5.41) is 3.40. The van der Waals surface area contributed by atoms with Gasteiger partial charge in [0.1, 0.15) is 0 Å². The molecular weight excluding hydrogens is 190 g/mol. The highest BCUT2D eigenvalue weighted by molar-refractivity contribution is 4.82. The molecule has 88 valence electrons. The summed E-state index contributed by atoms with van der Waals surface area (Å²) in [5.41, 5.74) is 0. The molecule has 2 aliphatic heterocycles. The van der Waals surface area contributed by atoms with Crippen molar-refractivity contribution in [2.24, 2.45) is 11.8 Å². The first-order valence-electron chi connectivity index (χ1n) is 6.11. The zero-order valence-corrected chi connectivity index (χ0v) is 10.1. The van der Waals surface area contributed by atoms with Crippen molar-refractivity contribution < 1.29 is 9.47 Å². The van der Waals surface area contributed by atoms with E-state index in [0.717, 1.165) is 25.6 Å². The van der Waals surface area contributed by atoms with Crippen molar-refractivity contribution in [3.05, 3.63) is 0 Å². The highest BCUT2D eigenvalue weighted by Crippen LogP contribution is 2.33. The van der Waals surface area contributed by atoms with Crippen LogP contribution in [0.5, 0.6) is 0 Å². The number of ether oxygens (including phenoxy) is 2. The Hall–Kier alpha value is -0.120. The van der Waals surface area contributed by atoms with E-state index < -0.39 is 0 Å². The molecule has 0 aromatic rings. The second-order valence-electron chi connectivity index (χ2n) is 5.31. The van der Waals surface area contributed by atoms with Gasteiger partial charge in [0.05, 0.1) is 12.7 Å². The molecule has 0 amide bonds. The Bertz CT molecular complexity index is 212. The van der Waals surface area contributed by atoms with E-state index in [1.165, 1.54) is 12.8 Å². The maximum atomic E-state index is 5.92. The zero-order valence-electron chi connectivity index (χ0n) is 10.1. The lowest BCUT2D eigenvalue weighted by Crippen LogP contribution is -2.36. The van der Waals surface area contributed by atoms with Crippen molar-refractivity contribution >= 4 is 0 Å². The fraction of sp³-hybridized carbons (Fsp3) is 1.00. The summed E-state index contributed by atoms with van der Waals surface area (Å²) >= 11 is 0. The van der Waals surface area contributed by atoms with E-state index in [1.807, 2.05) is 13.8 Å². The zero-order chi connectivity index (χ0) is 10.9. The predicted molar refractivity (Wildman–Crippen MR) is 59.7 cm³/mol. The molecule has 2 saturated heterocycles. The Morgan fingerprint density at radius 3 is 2.47 bits per heavy atom. The van der Waals surface area contributed by atoms with E-state index in [1.54, 1.807) is 0 Å². The van der Waals surface area contributed by atoms with Crippen molar-refractivity contribution in [3.8, 4) is 0 Å². The van der Waals surface area contributed by atoms with Gasteiger partial charge in [-0.3, -0.25) is 0 Å². The number of nitrogens with one attached hydrogen (secondary N) is 1. The Morgan fingerprint density at radius 1 is 1.27 bits per heavy atom. The van der Waals surface area contributed by atoms with Gasteiger partial charge in [-0.15, -0.1) is 0 Å². The van der Waals surface area contributed by atoms with Crippen molar-refractivity contribution in [3.63, 3.8) is 0 Å². The van der Waals surface area contributed by atoms with Crippen LogP contribution < -0.4 is 5.32 Å². The summed E-state index contributed by atoms with van der Waals surface area (Å²) in [6, 6.07) is 0. The van der Waals surface area contributed by atoms with Crippen molar-refractivity contribution in [2.75, 3.05) is 19.7 Å². The predicted octanol–water partition coefficient (Wildman–Crippen LogP) is 1.77. The summed E-state index contributed by atoms with van der Waals surface area (Å²) in [6.07, 6.45) is 2.85. The van der Waals surface area contributed by atoms with Gasteiger partial charge in [-0.2, -0.15) is 0 Å². The molecule has 0 bridgehead atoms. The third-order valence-corrected chi connectivity index (χ3v) is 3.74. The van der Waals surface area contributed by atoms with E-state index in [-0.39, 0.29) is 5.79 Å².